The number of pyridine rings is 1. The van der Waals surface area contributed by atoms with Crippen molar-refractivity contribution in [2.45, 2.75) is 18.9 Å². The van der Waals surface area contributed by atoms with E-state index in [1.807, 2.05) is 48.5 Å². The van der Waals surface area contributed by atoms with Crippen LogP contribution in [0.15, 0.2) is 48.5 Å². The Morgan fingerprint density at radius 1 is 1.03 bits per heavy atom. The number of nitrogens with one attached hydrogen (secondary N) is 1. The molecule has 2 heterocycles. The molecule has 6 heteroatoms. The van der Waals surface area contributed by atoms with Crippen molar-refractivity contribution in [1.29, 1.82) is 0 Å². The maximum Gasteiger partial charge on any atom is 0.252 e. The number of methoxy groups -OCH3 is 2. The summed E-state index contributed by atoms with van der Waals surface area (Å²) in [7, 11) is 5.33. The topological polar surface area (TPSA) is 63.7 Å². The summed E-state index contributed by atoms with van der Waals surface area (Å²) >= 11 is 0. The van der Waals surface area contributed by atoms with Crippen molar-refractivity contribution in [3.63, 3.8) is 0 Å². The monoisotopic (exact) mass is 405 g/mol. The number of amides is 1. The van der Waals surface area contributed by atoms with Crippen LogP contribution in [0, 0.1) is 0 Å². The van der Waals surface area contributed by atoms with Gasteiger partial charge in [0.2, 0.25) is 0 Å². The Morgan fingerprint density at radius 2 is 1.77 bits per heavy atom. The van der Waals surface area contributed by atoms with Gasteiger partial charge in [-0.15, -0.1) is 0 Å². The number of piperidine rings is 1. The quantitative estimate of drug-likeness (QED) is 0.701. The van der Waals surface area contributed by atoms with Crippen molar-refractivity contribution < 1.29 is 14.3 Å². The number of ether oxygens (including phenoxy) is 2. The summed E-state index contributed by atoms with van der Waals surface area (Å²) < 4.78 is 10.8. The lowest BCUT2D eigenvalue weighted by atomic mass is 10.0. The molecular formula is C24H27N3O3. The summed E-state index contributed by atoms with van der Waals surface area (Å²) in [5.74, 6) is 1.23. The highest BCUT2D eigenvalue weighted by Gasteiger charge is 2.21. The second kappa shape index (κ2) is 8.71. The van der Waals surface area contributed by atoms with E-state index in [0.29, 0.717) is 17.1 Å². The van der Waals surface area contributed by atoms with Crippen LogP contribution < -0.4 is 14.8 Å². The van der Waals surface area contributed by atoms with Crippen molar-refractivity contribution in [3.05, 3.63) is 54.1 Å². The van der Waals surface area contributed by atoms with Crippen molar-refractivity contribution in [2.75, 3.05) is 34.4 Å². The maximum absolute atomic E-state index is 13.2. The molecule has 6 nitrogen and oxygen atoms in total. The van der Waals surface area contributed by atoms with Crippen LogP contribution in [0.25, 0.3) is 22.2 Å². The van der Waals surface area contributed by atoms with E-state index in [-0.39, 0.29) is 11.9 Å². The fraction of sp³-hybridized carbons (Fsp3) is 0.333. The first-order chi connectivity index (χ1) is 14.6. The third-order valence-corrected chi connectivity index (χ3v) is 5.69. The minimum Gasteiger partial charge on any atom is -0.493 e. The Labute approximate surface area is 176 Å². The van der Waals surface area contributed by atoms with E-state index in [4.69, 9.17) is 14.5 Å². The van der Waals surface area contributed by atoms with Gasteiger partial charge in [-0.25, -0.2) is 4.98 Å². The molecule has 0 saturated carbocycles. The van der Waals surface area contributed by atoms with Gasteiger partial charge in [-0.05, 0) is 63.3 Å². The average molecular weight is 405 g/mol. The van der Waals surface area contributed by atoms with Gasteiger partial charge < -0.3 is 19.7 Å². The number of benzene rings is 2. The minimum absolute atomic E-state index is 0.0510. The first kappa shape index (κ1) is 20.2. The van der Waals surface area contributed by atoms with E-state index in [2.05, 4.69) is 17.3 Å². The molecule has 1 aromatic heterocycles. The molecule has 1 aliphatic heterocycles. The largest absolute Gasteiger partial charge is 0.493 e. The van der Waals surface area contributed by atoms with Crippen LogP contribution in [0.4, 0.5) is 0 Å². The molecule has 0 bridgehead atoms. The summed E-state index contributed by atoms with van der Waals surface area (Å²) in [4.78, 5) is 20.3. The number of carbonyl (C=O) groups is 1. The Bertz CT molecular complexity index is 1060. The van der Waals surface area contributed by atoms with E-state index in [0.717, 1.165) is 48.1 Å². The number of hydrogen-bond acceptors (Lipinski definition) is 5. The molecule has 1 N–H and O–H groups in total. The standard InChI is InChI=1S/C24H27N3O3/c1-27-12-10-17(11-13-27)25-24(28)19-15-21(26-20-7-5-4-6-18(19)20)16-8-9-22(29-2)23(14-16)30-3/h4-9,14-15,17H,10-13H2,1-3H3,(H,25,28). The number of para-hydroxylation sites is 1. The van der Waals surface area contributed by atoms with Crippen LogP contribution >= 0.6 is 0 Å². The predicted molar refractivity (Wildman–Crippen MR) is 118 cm³/mol. The second-order valence-electron chi connectivity index (χ2n) is 7.69. The van der Waals surface area contributed by atoms with Crippen LogP contribution in [0.5, 0.6) is 11.5 Å². The zero-order valence-electron chi connectivity index (χ0n) is 17.6. The fourth-order valence-corrected chi connectivity index (χ4v) is 3.92. The number of rotatable bonds is 5. The zero-order chi connectivity index (χ0) is 21.1. The van der Waals surface area contributed by atoms with Crippen LogP contribution in [-0.4, -0.2) is 56.2 Å². The molecule has 3 aromatic rings. The number of carbonyl (C=O) groups excluding carboxylic acids is 1. The first-order valence-electron chi connectivity index (χ1n) is 10.2. The van der Waals surface area contributed by atoms with Crippen LogP contribution in [-0.2, 0) is 0 Å². The number of likely N-dealkylation sites (tertiary alicyclic amines) is 1. The smallest absolute Gasteiger partial charge is 0.252 e. The molecule has 30 heavy (non-hydrogen) atoms. The van der Waals surface area contributed by atoms with Gasteiger partial charge in [0.1, 0.15) is 0 Å². The van der Waals surface area contributed by atoms with Crippen LogP contribution in [0.1, 0.15) is 23.2 Å². The molecule has 0 spiro atoms. The lowest BCUT2D eigenvalue weighted by Gasteiger charge is -2.29. The minimum atomic E-state index is -0.0510. The molecular weight excluding hydrogens is 378 g/mol. The number of hydrogen-bond donors (Lipinski definition) is 1. The molecule has 0 radical (unpaired) electrons. The van der Waals surface area contributed by atoms with Gasteiger partial charge in [-0.1, -0.05) is 18.2 Å². The zero-order valence-corrected chi connectivity index (χ0v) is 17.6. The second-order valence-corrected chi connectivity index (χ2v) is 7.69. The van der Waals surface area contributed by atoms with Crippen molar-refractivity contribution in [3.8, 4) is 22.8 Å². The van der Waals surface area contributed by atoms with Crippen LogP contribution in [0.2, 0.25) is 0 Å². The van der Waals surface area contributed by atoms with E-state index in [1.54, 1.807) is 14.2 Å². The highest BCUT2D eigenvalue weighted by atomic mass is 16.5. The molecule has 1 saturated heterocycles. The van der Waals surface area contributed by atoms with Gasteiger partial charge in [0.05, 0.1) is 31.0 Å². The number of aromatic nitrogens is 1. The fourth-order valence-electron chi connectivity index (χ4n) is 3.92. The molecule has 1 aliphatic rings. The predicted octanol–water partition coefficient (Wildman–Crippen LogP) is 3.74. The Hall–Kier alpha value is -3.12. The normalized spacial score (nSPS) is 15.2. The van der Waals surface area contributed by atoms with Gasteiger partial charge in [0.15, 0.2) is 11.5 Å². The Morgan fingerprint density at radius 3 is 2.50 bits per heavy atom. The Balaban J connectivity index is 1.72. The van der Waals surface area contributed by atoms with Crippen LogP contribution in [0.3, 0.4) is 0 Å². The maximum atomic E-state index is 13.2. The summed E-state index contributed by atoms with van der Waals surface area (Å²) in [6.45, 7) is 2.00. The lowest BCUT2D eigenvalue weighted by molar-refractivity contribution is 0.0918. The van der Waals surface area contributed by atoms with Crippen molar-refractivity contribution >= 4 is 16.8 Å². The van der Waals surface area contributed by atoms with Gasteiger partial charge >= 0.3 is 0 Å². The van der Waals surface area contributed by atoms with Crippen molar-refractivity contribution in [2.24, 2.45) is 0 Å². The van der Waals surface area contributed by atoms with Gasteiger partial charge in [-0.3, -0.25) is 4.79 Å². The molecule has 0 atom stereocenters. The molecule has 1 amide bonds. The molecule has 0 unspecified atom stereocenters. The highest BCUT2D eigenvalue weighted by Crippen LogP contribution is 2.33. The van der Waals surface area contributed by atoms with E-state index >= 15 is 0 Å². The third-order valence-electron chi connectivity index (χ3n) is 5.69. The number of nitrogens with zero attached hydrogens (tertiary/aromatic N) is 2. The molecule has 0 aliphatic carbocycles. The molecule has 2 aromatic carbocycles. The van der Waals surface area contributed by atoms with Gasteiger partial charge in [-0.2, -0.15) is 0 Å². The molecule has 156 valence electrons. The van der Waals surface area contributed by atoms with Gasteiger partial charge in [0.25, 0.3) is 5.91 Å². The highest BCUT2D eigenvalue weighted by molar-refractivity contribution is 6.07. The number of fused-ring (bicyclic) bond motifs is 1. The van der Waals surface area contributed by atoms with E-state index in [1.165, 1.54) is 0 Å². The third kappa shape index (κ3) is 4.09. The summed E-state index contributed by atoms with van der Waals surface area (Å²) in [5.41, 5.74) is 3.03. The molecule has 1 fully saturated rings. The SMILES string of the molecule is COc1ccc(-c2cc(C(=O)NC3CCN(C)CC3)c3ccccc3n2)cc1OC. The van der Waals surface area contributed by atoms with Gasteiger partial charge in [0, 0.05) is 17.0 Å². The van der Waals surface area contributed by atoms with E-state index in [9.17, 15) is 4.79 Å². The first-order valence-corrected chi connectivity index (χ1v) is 10.2. The lowest BCUT2D eigenvalue weighted by Crippen LogP contribution is -2.43. The van der Waals surface area contributed by atoms with E-state index < -0.39 is 0 Å². The summed E-state index contributed by atoms with van der Waals surface area (Å²) in [5, 5.41) is 4.08. The summed E-state index contributed by atoms with van der Waals surface area (Å²) in [6, 6.07) is 15.5. The Kier molecular flexibility index (Phi) is 5.86. The van der Waals surface area contributed by atoms with Crippen molar-refractivity contribution in [1.82, 2.24) is 15.2 Å². The molecule has 4 rings (SSSR count). The summed E-state index contributed by atoms with van der Waals surface area (Å²) in [6.07, 6.45) is 1.93. The average Bonchev–Trinajstić information content (AvgIpc) is 2.79.